The molecule has 1 aliphatic rings. The first kappa shape index (κ1) is 13.3. The van der Waals surface area contributed by atoms with Crippen LogP contribution in [0, 0.1) is 0 Å². The molecule has 98 valence electrons. The lowest BCUT2D eigenvalue weighted by atomic mass is 9.84. The molecule has 2 N–H and O–H groups in total. The van der Waals surface area contributed by atoms with Gasteiger partial charge in [0.1, 0.15) is 0 Å². The summed E-state index contributed by atoms with van der Waals surface area (Å²) in [6, 6.07) is 8.75. The second-order valence-corrected chi connectivity index (χ2v) is 5.35. The van der Waals surface area contributed by atoms with Crippen LogP contribution in [0.2, 0.25) is 0 Å². The maximum absolute atomic E-state index is 5.17. The highest BCUT2D eigenvalue weighted by atomic mass is 32.1. The lowest BCUT2D eigenvalue weighted by Gasteiger charge is -2.22. The minimum Gasteiger partial charge on any atom is -0.363 e. The molecule has 0 bridgehead atoms. The normalized spacial score (nSPS) is 16.3. The van der Waals surface area contributed by atoms with Crippen molar-refractivity contribution in [3.8, 4) is 0 Å². The van der Waals surface area contributed by atoms with Gasteiger partial charge in [-0.2, -0.15) is 0 Å². The Morgan fingerprint density at radius 3 is 2.44 bits per heavy atom. The lowest BCUT2D eigenvalue weighted by molar-refractivity contribution is 0.443. The average Bonchev–Trinajstić information content (AvgIpc) is 2.41. The quantitative estimate of drug-likeness (QED) is 0.804. The maximum Gasteiger partial charge on any atom is 0.170 e. The van der Waals surface area contributed by atoms with E-state index < -0.39 is 0 Å². The van der Waals surface area contributed by atoms with Crippen LogP contribution in [-0.4, -0.2) is 11.7 Å². The van der Waals surface area contributed by atoms with Crippen molar-refractivity contribution in [2.45, 2.75) is 44.9 Å². The summed E-state index contributed by atoms with van der Waals surface area (Å²) in [7, 11) is 0. The highest BCUT2D eigenvalue weighted by Gasteiger charge is 2.14. The van der Waals surface area contributed by atoms with Crippen molar-refractivity contribution in [1.29, 1.82) is 0 Å². The van der Waals surface area contributed by atoms with Gasteiger partial charge in [-0.15, -0.1) is 0 Å². The van der Waals surface area contributed by atoms with Crippen molar-refractivity contribution < 1.29 is 0 Å². The van der Waals surface area contributed by atoms with E-state index in [0.29, 0.717) is 5.11 Å². The first-order valence-corrected chi connectivity index (χ1v) is 7.35. The smallest absolute Gasteiger partial charge is 0.170 e. The lowest BCUT2D eigenvalue weighted by Crippen LogP contribution is -2.27. The third kappa shape index (κ3) is 3.70. The van der Waals surface area contributed by atoms with Crippen LogP contribution >= 0.6 is 12.2 Å². The second-order valence-electron chi connectivity index (χ2n) is 4.94. The summed E-state index contributed by atoms with van der Waals surface area (Å²) in [5, 5.41) is 6.98. The van der Waals surface area contributed by atoms with Crippen LogP contribution in [0.15, 0.2) is 24.3 Å². The van der Waals surface area contributed by atoms with Gasteiger partial charge in [-0.3, -0.25) is 0 Å². The van der Waals surface area contributed by atoms with Gasteiger partial charge in [0.25, 0.3) is 0 Å². The van der Waals surface area contributed by atoms with Crippen molar-refractivity contribution in [2.24, 2.45) is 0 Å². The molecular weight excluding hydrogens is 240 g/mol. The van der Waals surface area contributed by atoms with Crippen molar-refractivity contribution in [1.82, 2.24) is 5.32 Å². The van der Waals surface area contributed by atoms with Gasteiger partial charge in [-0.1, -0.05) is 31.4 Å². The summed E-state index contributed by atoms with van der Waals surface area (Å²) in [5.74, 6) is 0.772. The number of hydrogen-bond donors (Lipinski definition) is 2. The highest BCUT2D eigenvalue weighted by Crippen LogP contribution is 2.32. The fraction of sp³-hybridized carbons (Fsp3) is 0.533. The predicted octanol–water partition coefficient (Wildman–Crippen LogP) is 4.04. The Morgan fingerprint density at radius 1 is 1.17 bits per heavy atom. The topological polar surface area (TPSA) is 24.1 Å². The first-order valence-electron chi connectivity index (χ1n) is 6.94. The standard InChI is InChI=1S/C15H22N2S/c1-2-16-15(18)17-14-10-8-13(9-11-14)12-6-4-3-5-7-12/h8-12H,2-7H2,1H3,(H2,16,17,18). The zero-order chi connectivity index (χ0) is 12.8. The van der Waals surface area contributed by atoms with Crippen LogP contribution < -0.4 is 10.6 Å². The molecule has 1 saturated carbocycles. The number of anilines is 1. The van der Waals surface area contributed by atoms with Crippen LogP contribution in [-0.2, 0) is 0 Å². The Balaban J connectivity index is 1.94. The predicted molar refractivity (Wildman–Crippen MR) is 82.2 cm³/mol. The Labute approximate surface area is 115 Å². The Kier molecular flexibility index (Phi) is 5.00. The van der Waals surface area contributed by atoms with Crippen molar-refractivity contribution in [3.05, 3.63) is 29.8 Å². The van der Waals surface area contributed by atoms with E-state index in [1.54, 1.807) is 0 Å². The molecule has 0 radical (unpaired) electrons. The molecule has 0 atom stereocenters. The summed E-state index contributed by atoms with van der Waals surface area (Å²) < 4.78 is 0. The molecule has 0 unspecified atom stereocenters. The van der Waals surface area contributed by atoms with Crippen LogP contribution in [0.4, 0.5) is 5.69 Å². The molecule has 1 aromatic rings. The van der Waals surface area contributed by atoms with E-state index in [0.717, 1.165) is 18.2 Å². The second kappa shape index (κ2) is 6.74. The Hall–Kier alpha value is -1.09. The fourth-order valence-electron chi connectivity index (χ4n) is 2.61. The third-order valence-corrected chi connectivity index (χ3v) is 3.83. The van der Waals surface area contributed by atoms with E-state index in [-0.39, 0.29) is 0 Å². The molecule has 18 heavy (non-hydrogen) atoms. The zero-order valence-corrected chi connectivity index (χ0v) is 11.9. The highest BCUT2D eigenvalue weighted by molar-refractivity contribution is 7.80. The third-order valence-electron chi connectivity index (χ3n) is 3.58. The van der Waals surface area contributed by atoms with E-state index in [4.69, 9.17) is 12.2 Å². The summed E-state index contributed by atoms with van der Waals surface area (Å²) in [6.07, 6.45) is 6.88. The Morgan fingerprint density at radius 2 is 1.83 bits per heavy atom. The van der Waals surface area contributed by atoms with Gasteiger partial charge in [-0.05, 0) is 55.6 Å². The molecule has 2 rings (SSSR count). The number of nitrogens with one attached hydrogen (secondary N) is 2. The first-order chi connectivity index (χ1) is 8.79. The van der Waals surface area contributed by atoms with Gasteiger partial charge < -0.3 is 10.6 Å². The molecule has 0 aromatic heterocycles. The van der Waals surface area contributed by atoms with Crippen LogP contribution in [0.3, 0.4) is 0 Å². The molecule has 1 fully saturated rings. The molecule has 2 nitrogen and oxygen atoms in total. The number of rotatable bonds is 3. The average molecular weight is 262 g/mol. The summed E-state index contributed by atoms with van der Waals surface area (Å²) in [6.45, 7) is 2.89. The van der Waals surface area contributed by atoms with E-state index in [2.05, 4.69) is 34.9 Å². The van der Waals surface area contributed by atoms with Gasteiger partial charge in [-0.25, -0.2) is 0 Å². The van der Waals surface area contributed by atoms with Crippen molar-refractivity contribution in [3.63, 3.8) is 0 Å². The van der Waals surface area contributed by atoms with Crippen molar-refractivity contribution in [2.75, 3.05) is 11.9 Å². The van der Waals surface area contributed by atoms with Gasteiger partial charge in [0.05, 0.1) is 0 Å². The van der Waals surface area contributed by atoms with Gasteiger partial charge >= 0.3 is 0 Å². The molecule has 3 heteroatoms. The number of benzene rings is 1. The minimum atomic E-state index is 0.697. The van der Waals surface area contributed by atoms with Gasteiger partial charge in [0.15, 0.2) is 5.11 Å². The number of thiocarbonyl (C=S) groups is 1. The molecule has 0 amide bonds. The van der Waals surface area contributed by atoms with Gasteiger partial charge in [0, 0.05) is 12.2 Å². The molecule has 1 aromatic carbocycles. The molecular formula is C15H22N2S. The molecule has 1 aliphatic carbocycles. The minimum absolute atomic E-state index is 0.697. The monoisotopic (exact) mass is 262 g/mol. The van der Waals surface area contributed by atoms with Crippen LogP contribution in [0.5, 0.6) is 0 Å². The summed E-state index contributed by atoms with van der Waals surface area (Å²) >= 11 is 5.17. The molecule has 0 saturated heterocycles. The molecule has 0 spiro atoms. The fourth-order valence-corrected chi connectivity index (χ4v) is 2.87. The van der Waals surface area contributed by atoms with Crippen LogP contribution in [0.25, 0.3) is 0 Å². The van der Waals surface area contributed by atoms with E-state index in [1.807, 2.05) is 6.92 Å². The molecule has 0 aliphatic heterocycles. The SMILES string of the molecule is CCNC(=S)Nc1ccc(C2CCCCC2)cc1. The largest absolute Gasteiger partial charge is 0.363 e. The van der Waals surface area contributed by atoms with E-state index in [9.17, 15) is 0 Å². The summed E-state index contributed by atoms with van der Waals surface area (Å²) in [4.78, 5) is 0. The molecule has 0 heterocycles. The maximum atomic E-state index is 5.17. The van der Waals surface area contributed by atoms with Crippen LogP contribution in [0.1, 0.15) is 50.5 Å². The zero-order valence-electron chi connectivity index (χ0n) is 11.0. The van der Waals surface area contributed by atoms with E-state index >= 15 is 0 Å². The summed E-state index contributed by atoms with van der Waals surface area (Å²) in [5.41, 5.74) is 2.55. The van der Waals surface area contributed by atoms with E-state index in [1.165, 1.54) is 37.7 Å². The van der Waals surface area contributed by atoms with Gasteiger partial charge in [0.2, 0.25) is 0 Å². The Bertz CT molecular complexity index is 380. The number of hydrogen-bond acceptors (Lipinski definition) is 1. The van der Waals surface area contributed by atoms with Crippen molar-refractivity contribution >= 4 is 23.0 Å².